The Kier molecular flexibility index (Phi) is 3.49. The Morgan fingerprint density at radius 3 is 3.05 bits per heavy atom. The molecule has 0 aliphatic heterocycles. The smallest absolute Gasteiger partial charge is 0.231 e. The van der Waals surface area contributed by atoms with Gasteiger partial charge in [0.1, 0.15) is 5.75 Å². The lowest BCUT2D eigenvalue weighted by molar-refractivity contribution is -0.117. The number of hydrogen-bond acceptors (Lipinski definition) is 3. The van der Waals surface area contributed by atoms with Crippen LogP contribution in [-0.4, -0.2) is 11.0 Å². The number of amides is 1. The molecule has 1 amide bonds. The Balaban J connectivity index is 1.81. The number of nitrogens with one attached hydrogen (secondary N) is 1. The third-order valence-corrected chi connectivity index (χ3v) is 4.83. The van der Waals surface area contributed by atoms with E-state index < -0.39 is 0 Å². The van der Waals surface area contributed by atoms with Gasteiger partial charge in [-0.1, -0.05) is 0 Å². The van der Waals surface area contributed by atoms with Crippen LogP contribution in [0, 0.1) is 6.92 Å². The van der Waals surface area contributed by atoms with Gasteiger partial charge in [-0.15, -0.1) is 11.3 Å². The van der Waals surface area contributed by atoms with Crippen molar-refractivity contribution in [3.63, 3.8) is 0 Å². The molecule has 0 bridgehead atoms. The molecule has 1 atom stereocenters. The Hall–Kier alpha value is -1.81. The van der Waals surface area contributed by atoms with Crippen molar-refractivity contribution in [3.8, 4) is 5.75 Å². The summed E-state index contributed by atoms with van der Waals surface area (Å²) in [7, 11) is 0. The highest BCUT2D eigenvalue weighted by atomic mass is 32.1. The fourth-order valence-corrected chi connectivity index (χ4v) is 3.75. The number of benzene rings is 1. The van der Waals surface area contributed by atoms with Crippen molar-refractivity contribution >= 4 is 22.9 Å². The summed E-state index contributed by atoms with van der Waals surface area (Å²) >= 11 is 1.74. The van der Waals surface area contributed by atoms with Crippen LogP contribution >= 0.6 is 11.3 Å². The summed E-state index contributed by atoms with van der Waals surface area (Å²) in [5, 5.41) is 14.5. The summed E-state index contributed by atoms with van der Waals surface area (Å²) < 4.78 is 0. The van der Waals surface area contributed by atoms with E-state index in [0.717, 1.165) is 30.5 Å². The quantitative estimate of drug-likeness (QED) is 0.825. The highest BCUT2D eigenvalue weighted by molar-refractivity contribution is 7.10. The van der Waals surface area contributed by atoms with Crippen molar-refractivity contribution < 1.29 is 9.90 Å². The van der Waals surface area contributed by atoms with E-state index in [1.165, 1.54) is 10.4 Å². The van der Waals surface area contributed by atoms with Crippen LogP contribution in [0.1, 0.15) is 34.8 Å². The average molecular weight is 287 g/mol. The van der Waals surface area contributed by atoms with E-state index in [-0.39, 0.29) is 17.6 Å². The summed E-state index contributed by atoms with van der Waals surface area (Å²) in [6.07, 6.45) is 3.07. The van der Waals surface area contributed by atoms with Gasteiger partial charge < -0.3 is 10.4 Å². The molecule has 1 aliphatic carbocycles. The summed E-state index contributed by atoms with van der Waals surface area (Å²) in [6.45, 7) is 1.88. The maximum absolute atomic E-state index is 12.5. The number of carbonyl (C=O) groups excluding carboxylic acids is 1. The van der Waals surface area contributed by atoms with Gasteiger partial charge in [0.05, 0.1) is 5.92 Å². The molecule has 1 aromatic heterocycles. The van der Waals surface area contributed by atoms with Crippen molar-refractivity contribution in [1.29, 1.82) is 0 Å². The summed E-state index contributed by atoms with van der Waals surface area (Å²) in [5.74, 6) is 0.231. The Labute approximate surface area is 122 Å². The van der Waals surface area contributed by atoms with Crippen LogP contribution < -0.4 is 5.32 Å². The van der Waals surface area contributed by atoms with Crippen LogP contribution in [0.25, 0.3) is 0 Å². The number of aromatic hydroxyl groups is 1. The lowest BCUT2D eigenvalue weighted by atomic mass is 9.87. The number of phenolic OH excluding ortho intramolecular Hbond substituents is 1. The minimum atomic E-state index is -0.0433. The molecule has 0 saturated heterocycles. The number of anilines is 1. The number of hydrogen-bond donors (Lipinski definition) is 2. The molecule has 20 heavy (non-hydrogen) atoms. The molecule has 3 nitrogen and oxygen atoms in total. The van der Waals surface area contributed by atoms with E-state index >= 15 is 0 Å². The zero-order valence-corrected chi connectivity index (χ0v) is 12.2. The standard InChI is InChI=1S/C16H17NO2S/c1-10-9-11(18)5-6-14(10)17-16(19)13-3-2-4-15-12(13)7-8-20-15/h5-9,13,18H,2-4H2,1H3,(H,17,19). The largest absolute Gasteiger partial charge is 0.508 e. The van der Waals surface area contributed by atoms with Crippen LogP contribution in [0.3, 0.4) is 0 Å². The molecule has 3 rings (SSSR count). The van der Waals surface area contributed by atoms with Crippen LogP contribution in [0.4, 0.5) is 5.69 Å². The van der Waals surface area contributed by atoms with Crippen LogP contribution in [0.2, 0.25) is 0 Å². The number of rotatable bonds is 2. The number of fused-ring (bicyclic) bond motifs is 1. The minimum absolute atomic E-state index is 0.0433. The second-order valence-electron chi connectivity index (χ2n) is 5.23. The van der Waals surface area contributed by atoms with Gasteiger partial charge in [-0.3, -0.25) is 4.79 Å². The maximum atomic E-state index is 12.5. The first-order valence-corrected chi connectivity index (χ1v) is 7.70. The van der Waals surface area contributed by atoms with Gasteiger partial charge in [0.25, 0.3) is 0 Å². The molecular weight excluding hydrogens is 270 g/mol. The second-order valence-corrected chi connectivity index (χ2v) is 6.23. The third kappa shape index (κ3) is 2.43. The number of carbonyl (C=O) groups is 1. The SMILES string of the molecule is Cc1cc(O)ccc1NC(=O)C1CCCc2sccc21. The first-order valence-electron chi connectivity index (χ1n) is 6.82. The Morgan fingerprint density at radius 1 is 1.40 bits per heavy atom. The fourth-order valence-electron chi connectivity index (χ4n) is 2.77. The van der Waals surface area contributed by atoms with Gasteiger partial charge in [-0.2, -0.15) is 0 Å². The molecule has 1 aliphatic rings. The Bertz CT molecular complexity index is 648. The fraction of sp³-hybridized carbons (Fsp3) is 0.312. The molecule has 2 aromatic rings. The van der Waals surface area contributed by atoms with Gasteiger partial charge in [-0.05, 0) is 67.0 Å². The molecule has 4 heteroatoms. The lowest BCUT2D eigenvalue weighted by Gasteiger charge is -2.22. The average Bonchev–Trinajstić information content (AvgIpc) is 2.90. The van der Waals surface area contributed by atoms with Crippen molar-refractivity contribution in [2.24, 2.45) is 0 Å². The normalized spacial score (nSPS) is 17.6. The minimum Gasteiger partial charge on any atom is -0.508 e. The molecule has 0 spiro atoms. The van der Waals surface area contributed by atoms with Crippen molar-refractivity contribution in [2.75, 3.05) is 5.32 Å². The van der Waals surface area contributed by atoms with Crippen molar-refractivity contribution in [2.45, 2.75) is 32.1 Å². The number of thiophene rings is 1. The Morgan fingerprint density at radius 2 is 2.25 bits per heavy atom. The number of phenols is 1. The summed E-state index contributed by atoms with van der Waals surface area (Å²) in [6, 6.07) is 7.08. The van der Waals surface area contributed by atoms with E-state index in [1.807, 2.05) is 6.92 Å². The summed E-state index contributed by atoms with van der Waals surface area (Å²) in [4.78, 5) is 13.8. The third-order valence-electron chi connectivity index (χ3n) is 3.84. The van der Waals surface area contributed by atoms with Gasteiger partial charge in [0.15, 0.2) is 0 Å². The molecule has 0 radical (unpaired) electrons. The lowest BCUT2D eigenvalue weighted by Crippen LogP contribution is -2.24. The zero-order chi connectivity index (χ0) is 14.1. The zero-order valence-electron chi connectivity index (χ0n) is 11.3. The maximum Gasteiger partial charge on any atom is 0.231 e. The van der Waals surface area contributed by atoms with Gasteiger partial charge in [0.2, 0.25) is 5.91 Å². The first kappa shape index (κ1) is 13.2. The first-order chi connectivity index (χ1) is 9.65. The van der Waals surface area contributed by atoms with Crippen LogP contribution in [-0.2, 0) is 11.2 Å². The molecule has 0 saturated carbocycles. The topological polar surface area (TPSA) is 49.3 Å². The molecule has 104 valence electrons. The van der Waals surface area contributed by atoms with Gasteiger partial charge >= 0.3 is 0 Å². The van der Waals surface area contributed by atoms with Gasteiger partial charge in [0, 0.05) is 10.6 Å². The van der Waals surface area contributed by atoms with Crippen molar-refractivity contribution in [3.05, 3.63) is 45.6 Å². The van der Waals surface area contributed by atoms with Crippen molar-refractivity contribution in [1.82, 2.24) is 0 Å². The number of aryl methyl sites for hydroxylation is 2. The predicted octanol–water partition coefficient (Wildman–Crippen LogP) is 3.82. The monoisotopic (exact) mass is 287 g/mol. The van der Waals surface area contributed by atoms with E-state index in [0.29, 0.717) is 0 Å². The molecule has 1 aromatic carbocycles. The molecule has 2 N–H and O–H groups in total. The van der Waals surface area contributed by atoms with E-state index in [2.05, 4.69) is 16.8 Å². The van der Waals surface area contributed by atoms with E-state index in [4.69, 9.17) is 0 Å². The van der Waals surface area contributed by atoms with Crippen LogP contribution in [0.5, 0.6) is 5.75 Å². The van der Waals surface area contributed by atoms with E-state index in [1.54, 1.807) is 29.5 Å². The molecule has 1 unspecified atom stereocenters. The highest BCUT2D eigenvalue weighted by Gasteiger charge is 2.27. The molecular formula is C16H17NO2S. The molecule has 1 heterocycles. The predicted molar refractivity (Wildman–Crippen MR) is 81.5 cm³/mol. The van der Waals surface area contributed by atoms with Crippen LogP contribution in [0.15, 0.2) is 29.6 Å². The highest BCUT2D eigenvalue weighted by Crippen LogP contribution is 2.36. The second kappa shape index (κ2) is 5.29. The van der Waals surface area contributed by atoms with Gasteiger partial charge in [-0.25, -0.2) is 0 Å². The molecule has 0 fully saturated rings. The van der Waals surface area contributed by atoms with E-state index in [9.17, 15) is 9.90 Å². The summed E-state index contributed by atoms with van der Waals surface area (Å²) in [5.41, 5.74) is 2.84.